The smallest absolute Gasteiger partial charge is 0.269 e. The van der Waals surface area contributed by atoms with Crippen LogP contribution >= 0.6 is 0 Å². The predicted octanol–water partition coefficient (Wildman–Crippen LogP) is 2.30. The maximum atomic E-state index is 11.8. The molecule has 0 aliphatic heterocycles. The summed E-state index contributed by atoms with van der Waals surface area (Å²) in [5.41, 5.74) is 2.26. The summed E-state index contributed by atoms with van der Waals surface area (Å²) in [7, 11) is 0. The number of phenolic OH excluding ortho intramolecular Hbond substituents is 1. The van der Waals surface area contributed by atoms with Crippen molar-refractivity contribution in [3.8, 4) is 5.75 Å². The van der Waals surface area contributed by atoms with E-state index in [2.05, 4.69) is 5.43 Å². The molecule has 0 radical (unpaired) electrons. The lowest BCUT2D eigenvalue weighted by Gasteiger charge is -2.09. The molecule has 4 nitrogen and oxygen atoms in total. The summed E-state index contributed by atoms with van der Waals surface area (Å²) in [6.07, 6.45) is 0. The van der Waals surface area contributed by atoms with Crippen LogP contribution in [0.25, 0.3) is 21.5 Å². The first-order valence-corrected chi connectivity index (χ1v) is 5.86. The molecule has 0 heterocycles. The third kappa shape index (κ3) is 1.78. The highest BCUT2D eigenvalue weighted by Crippen LogP contribution is 2.30. The fourth-order valence-corrected chi connectivity index (χ4v) is 2.31. The van der Waals surface area contributed by atoms with Gasteiger partial charge in [-0.1, -0.05) is 30.3 Å². The molecule has 0 aromatic heterocycles. The van der Waals surface area contributed by atoms with E-state index >= 15 is 0 Å². The second-order valence-corrected chi connectivity index (χ2v) is 4.35. The molecule has 4 N–H and O–H groups in total. The van der Waals surface area contributed by atoms with E-state index in [9.17, 15) is 9.90 Å². The van der Waals surface area contributed by atoms with Crippen molar-refractivity contribution in [3.63, 3.8) is 0 Å². The molecule has 0 saturated heterocycles. The summed E-state index contributed by atoms with van der Waals surface area (Å²) in [5, 5.41) is 13.5. The second-order valence-electron chi connectivity index (χ2n) is 4.35. The third-order valence-corrected chi connectivity index (χ3v) is 3.22. The minimum absolute atomic E-state index is 0.0780. The van der Waals surface area contributed by atoms with Crippen LogP contribution in [0.15, 0.2) is 48.5 Å². The number of phenols is 1. The maximum absolute atomic E-state index is 11.8. The Morgan fingerprint density at radius 2 is 1.68 bits per heavy atom. The van der Waals surface area contributed by atoms with E-state index < -0.39 is 5.91 Å². The minimum Gasteiger partial charge on any atom is -0.507 e. The number of nitrogens with one attached hydrogen (secondary N) is 1. The number of carbonyl (C=O) groups excluding carboxylic acids is 1. The number of carbonyl (C=O) groups is 1. The van der Waals surface area contributed by atoms with Crippen molar-refractivity contribution < 1.29 is 9.90 Å². The zero-order chi connectivity index (χ0) is 13.4. The summed E-state index contributed by atoms with van der Waals surface area (Å²) < 4.78 is 0. The third-order valence-electron chi connectivity index (χ3n) is 3.22. The number of fused-ring (bicyclic) bond motifs is 2. The number of rotatable bonds is 1. The van der Waals surface area contributed by atoms with Crippen molar-refractivity contribution in [2.24, 2.45) is 5.84 Å². The molecular weight excluding hydrogens is 240 g/mol. The van der Waals surface area contributed by atoms with Crippen molar-refractivity contribution in [2.45, 2.75) is 0 Å². The molecule has 1 amide bonds. The standard InChI is InChI=1S/C15H12N2O2/c16-17-15(19)14-12-8-10-4-2-1-3-9(10)7-11(12)5-6-13(14)18/h1-8,18H,16H2,(H,17,19). The SMILES string of the molecule is NNC(=O)c1c(O)ccc2cc3ccccc3cc12. The van der Waals surface area contributed by atoms with Crippen LogP contribution in [0.1, 0.15) is 10.4 Å². The lowest BCUT2D eigenvalue weighted by Crippen LogP contribution is -2.30. The van der Waals surface area contributed by atoms with Gasteiger partial charge in [-0.25, -0.2) is 5.84 Å². The topological polar surface area (TPSA) is 75.3 Å². The average molecular weight is 252 g/mol. The zero-order valence-electron chi connectivity index (χ0n) is 10.1. The average Bonchev–Trinajstić information content (AvgIpc) is 2.44. The number of amides is 1. The van der Waals surface area contributed by atoms with E-state index in [4.69, 9.17) is 5.84 Å². The first kappa shape index (κ1) is 11.5. The van der Waals surface area contributed by atoms with Crippen LogP contribution in [0, 0.1) is 0 Å². The van der Waals surface area contributed by atoms with E-state index in [0.29, 0.717) is 5.39 Å². The fourth-order valence-electron chi connectivity index (χ4n) is 2.31. The number of hydrogen-bond donors (Lipinski definition) is 3. The van der Waals surface area contributed by atoms with Crippen LogP contribution in [0.2, 0.25) is 0 Å². The van der Waals surface area contributed by atoms with E-state index in [1.54, 1.807) is 6.07 Å². The molecule has 0 aliphatic carbocycles. The Labute approximate surface area is 109 Å². The fraction of sp³-hybridized carbons (Fsp3) is 0. The van der Waals surface area contributed by atoms with E-state index in [0.717, 1.165) is 16.2 Å². The Balaban J connectivity index is 2.44. The Hall–Kier alpha value is -2.59. The zero-order valence-corrected chi connectivity index (χ0v) is 10.1. The Morgan fingerprint density at radius 3 is 2.37 bits per heavy atom. The molecule has 0 fully saturated rings. The maximum Gasteiger partial charge on any atom is 0.269 e. The summed E-state index contributed by atoms with van der Waals surface area (Å²) >= 11 is 0. The van der Waals surface area contributed by atoms with Gasteiger partial charge in [-0.3, -0.25) is 10.2 Å². The van der Waals surface area contributed by atoms with Crippen LogP contribution in [0.3, 0.4) is 0 Å². The molecule has 0 aliphatic rings. The van der Waals surface area contributed by atoms with Crippen LogP contribution in [0.5, 0.6) is 5.75 Å². The van der Waals surface area contributed by atoms with Gasteiger partial charge in [-0.15, -0.1) is 0 Å². The second kappa shape index (κ2) is 4.26. The molecule has 0 unspecified atom stereocenters. The van der Waals surface area contributed by atoms with Crippen LogP contribution in [-0.4, -0.2) is 11.0 Å². The van der Waals surface area contributed by atoms with Crippen molar-refractivity contribution in [1.29, 1.82) is 0 Å². The van der Waals surface area contributed by atoms with Gasteiger partial charge in [0.1, 0.15) is 5.75 Å². The highest BCUT2D eigenvalue weighted by Gasteiger charge is 2.14. The van der Waals surface area contributed by atoms with Gasteiger partial charge in [-0.05, 0) is 39.7 Å². The van der Waals surface area contributed by atoms with Gasteiger partial charge in [0.05, 0.1) is 5.56 Å². The van der Waals surface area contributed by atoms with E-state index in [1.165, 1.54) is 6.07 Å². The first-order valence-electron chi connectivity index (χ1n) is 5.86. The summed E-state index contributed by atoms with van der Waals surface area (Å²) in [4.78, 5) is 11.8. The highest BCUT2D eigenvalue weighted by atomic mass is 16.3. The highest BCUT2D eigenvalue weighted by molar-refractivity contribution is 6.12. The van der Waals surface area contributed by atoms with Crippen LogP contribution in [0.4, 0.5) is 0 Å². The van der Waals surface area contributed by atoms with E-state index in [-0.39, 0.29) is 11.3 Å². The van der Waals surface area contributed by atoms with Gasteiger partial charge in [0, 0.05) is 0 Å². The van der Waals surface area contributed by atoms with Crippen molar-refractivity contribution in [2.75, 3.05) is 0 Å². The summed E-state index contributed by atoms with van der Waals surface area (Å²) in [5.74, 6) is 4.59. The Bertz CT molecular complexity index is 797. The quantitative estimate of drug-likeness (QED) is 0.269. The number of nitrogen functional groups attached to an aromatic ring is 1. The number of benzene rings is 3. The molecule has 0 bridgehead atoms. The molecule has 0 saturated carbocycles. The molecule has 0 spiro atoms. The van der Waals surface area contributed by atoms with Gasteiger partial charge in [0.2, 0.25) is 0 Å². The summed E-state index contributed by atoms with van der Waals surface area (Å²) in [6, 6.07) is 15.0. The number of hydrazine groups is 1. The molecule has 4 heteroatoms. The molecule has 0 atom stereocenters. The molecule has 3 rings (SSSR count). The van der Waals surface area contributed by atoms with Gasteiger partial charge in [0.25, 0.3) is 5.91 Å². The van der Waals surface area contributed by atoms with Gasteiger partial charge in [-0.2, -0.15) is 0 Å². The monoisotopic (exact) mass is 252 g/mol. The Morgan fingerprint density at radius 1 is 1.00 bits per heavy atom. The van der Waals surface area contributed by atoms with Gasteiger partial charge >= 0.3 is 0 Å². The van der Waals surface area contributed by atoms with Gasteiger partial charge < -0.3 is 5.11 Å². The predicted molar refractivity (Wildman–Crippen MR) is 74.8 cm³/mol. The molecular formula is C15H12N2O2. The van der Waals surface area contributed by atoms with Crippen LogP contribution < -0.4 is 11.3 Å². The summed E-state index contributed by atoms with van der Waals surface area (Å²) in [6.45, 7) is 0. The van der Waals surface area contributed by atoms with Gasteiger partial charge in [0.15, 0.2) is 0 Å². The van der Waals surface area contributed by atoms with Crippen molar-refractivity contribution >= 4 is 27.5 Å². The van der Waals surface area contributed by atoms with Crippen molar-refractivity contribution in [1.82, 2.24) is 5.43 Å². The molecule has 3 aromatic carbocycles. The minimum atomic E-state index is -0.501. The van der Waals surface area contributed by atoms with E-state index in [1.807, 2.05) is 36.4 Å². The normalized spacial score (nSPS) is 10.8. The largest absolute Gasteiger partial charge is 0.507 e. The molecule has 94 valence electrons. The number of hydrogen-bond acceptors (Lipinski definition) is 3. The number of nitrogens with two attached hydrogens (primary N) is 1. The van der Waals surface area contributed by atoms with Crippen LogP contribution in [-0.2, 0) is 0 Å². The number of aromatic hydroxyl groups is 1. The van der Waals surface area contributed by atoms with Crippen molar-refractivity contribution in [3.05, 3.63) is 54.1 Å². The lowest BCUT2D eigenvalue weighted by atomic mass is 9.98. The Kier molecular flexibility index (Phi) is 2.58. The molecule has 3 aromatic rings. The lowest BCUT2D eigenvalue weighted by molar-refractivity contribution is 0.0953. The first-order chi connectivity index (χ1) is 9.20. The molecule has 19 heavy (non-hydrogen) atoms.